The number of nitrogens with one attached hydrogen (secondary N) is 1. The monoisotopic (exact) mass is 290 g/mol. The van der Waals surface area contributed by atoms with Crippen molar-refractivity contribution in [3.63, 3.8) is 0 Å². The predicted octanol–water partition coefficient (Wildman–Crippen LogP) is 3.18. The minimum Gasteiger partial charge on any atom is -0.380 e. The van der Waals surface area contributed by atoms with Gasteiger partial charge in [-0.15, -0.1) is 0 Å². The summed E-state index contributed by atoms with van der Waals surface area (Å²) < 4.78 is 5.47. The highest BCUT2D eigenvalue weighted by Gasteiger charge is 2.20. The van der Waals surface area contributed by atoms with Crippen molar-refractivity contribution in [1.82, 2.24) is 5.43 Å². The van der Waals surface area contributed by atoms with Crippen LogP contribution in [0.5, 0.6) is 0 Å². The molecule has 3 nitrogen and oxygen atoms in total. The van der Waals surface area contributed by atoms with Crippen LogP contribution >= 0.6 is 23.2 Å². The molecule has 0 saturated heterocycles. The molecule has 0 heterocycles. The Kier molecular flexibility index (Phi) is 6.97. The largest absolute Gasteiger partial charge is 0.380 e. The van der Waals surface area contributed by atoms with Gasteiger partial charge in [0, 0.05) is 17.2 Å². The van der Waals surface area contributed by atoms with Crippen LogP contribution in [0.2, 0.25) is 10.0 Å². The van der Waals surface area contributed by atoms with Gasteiger partial charge < -0.3 is 4.74 Å². The highest BCUT2D eigenvalue weighted by atomic mass is 35.5. The number of halogens is 2. The Morgan fingerprint density at radius 2 is 2.11 bits per heavy atom. The first-order chi connectivity index (χ1) is 8.62. The maximum absolute atomic E-state index is 6.16. The summed E-state index contributed by atoms with van der Waals surface area (Å²) in [6, 6.07) is 5.54. The Morgan fingerprint density at radius 1 is 1.39 bits per heavy atom. The third kappa shape index (κ3) is 4.41. The molecule has 3 N–H and O–H groups in total. The quantitative estimate of drug-likeness (QED) is 0.599. The molecule has 1 aromatic rings. The number of ether oxygens (including phenoxy) is 1. The fourth-order valence-corrected chi connectivity index (χ4v) is 2.48. The van der Waals surface area contributed by atoms with Crippen molar-refractivity contribution in [2.24, 2.45) is 5.84 Å². The zero-order valence-electron chi connectivity index (χ0n) is 10.7. The first-order valence-corrected chi connectivity index (χ1v) is 6.80. The fraction of sp³-hybridized carbons (Fsp3) is 0.538. The topological polar surface area (TPSA) is 47.3 Å². The van der Waals surface area contributed by atoms with Gasteiger partial charge in [0.05, 0.1) is 12.1 Å². The van der Waals surface area contributed by atoms with E-state index in [-0.39, 0.29) is 12.1 Å². The smallest absolute Gasteiger partial charge is 0.0740 e. The first kappa shape index (κ1) is 15.7. The summed E-state index contributed by atoms with van der Waals surface area (Å²) >= 11 is 12.0. The highest BCUT2D eigenvalue weighted by molar-refractivity contribution is 6.35. The molecule has 2 atom stereocenters. The van der Waals surface area contributed by atoms with E-state index in [1.165, 1.54) is 0 Å². The Labute approximate surface area is 119 Å². The lowest BCUT2D eigenvalue weighted by Crippen LogP contribution is -2.46. The molecule has 0 aliphatic heterocycles. The summed E-state index contributed by atoms with van der Waals surface area (Å²) in [6.45, 7) is 2.12. The van der Waals surface area contributed by atoms with Gasteiger partial charge in [0.1, 0.15) is 0 Å². The van der Waals surface area contributed by atoms with Gasteiger partial charge in [-0.1, -0.05) is 42.6 Å². The molecule has 0 aromatic heterocycles. The number of hydrazine groups is 1. The second-order valence-electron chi connectivity index (χ2n) is 4.28. The van der Waals surface area contributed by atoms with Crippen molar-refractivity contribution in [1.29, 1.82) is 0 Å². The first-order valence-electron chi connectivity index (χ1n) is 6.05. The molecule has 0 radical (unpaired) electrons. The number of methoxy groups -OCH3 is 1. The van der Waals surface area contributed by atoms with E-state index in [1.54, 1.807) is 13.2 Å². The van der Waals surface area contributed by atoms with Gasteiger partial charge in [-0.2, -0.15) is 0 Å². The molecule has 18 heavy (non-hydrogen) atoms. The second kappa shape index (κ2) is 7.97. The number of nitrogens with two attached hydrogens (primary N) is 1. The van der Waals surface area contributed by atoms with E-state index < -0.39 is 0 Å². The van der Waals surface area contributed by atoms with Gasteiger partial charge >= 0.3 is 0 Å². The van der Waals surface area contributed by atoms with Gasteiger partial charge in [0.2, 0.25) is 0 Å². The molecule has 0 amide bonds. The van der Waals surface area contributed by atoms with E-state index >= 15 is 0 Å². The van der Waals surface area contributed by atoms with Crippen molar-refractivity contribution in [3.8, 4) is 0 Å². The third-order valence-corrected chi connectivity index (χ3v) is 3.58. The van der Waals surface area contributed by atoms with Crippen LogP contribution in [0.4, 0.5) is 0 Å². The average Bonchev–Trinajstić information content (AvgIpc) is 2.36. The summed E-state index contributed by atoms with van der Waals surface area (Å²) in [5.74, 6) is 5.61. The van der Waals surface area contributed by atoms with Crippen LogP contribution in [0.1, 0.15) is 25.3 Å². The Bertz CT molecular complexity index is 374. The van der Waals surface area contributed by atoms with Crippen molar-refractivity contribution in [2.75, 3.05) is 7.11 Å². The van der Waals surface area contributed by atoms with Crippen LogP contribution in [0, 0.1) is 0 Å². The van der Waals surface area contributed by atoms with Crippen LogP contribution in [-0.4, -0.2) is 19.3 Å². The van der Waals surface area contributed by atoms with E-state index in [0.717, 1.165) is 18.4 Å². The van der Waals surface area contributed by atoms with Crippen LogP contribution < -0.4 is 11.3 Å². The summed E-state index contributed by atoms with van der Waals surface area (Å²) in [5.41, 5.74) is 3.83. The molecule has 1 rings (SSSR count). The predicted molar refractivity (Wildman–Crippen MR) is 77.0 cm³/mol. The number of benzene rings is 1. The molecule has 0 aliphatic carbocycles. The molecule has 0 aliphatic rings. The molecule has 0 bridgehead atoms. The van der Waals surface area contributed by atoms with E-state index in [1.807, 2.05) is 12.1 Å². The molecular formula is C13H20Cl2N2O. The Morgan fingerprint density at radius 3 is 2.61 bits per heavy atom. The fourth-order valence-electron chi connectivity index (χ4n) is 1.99. The van der Waals surface area contributed by atoms with Crippen molar-refractivity contribution in [2.45, 2.75) is 38.3 Å². The average molecular weight is 291 g/mol. The van der Waals surface area contributed by atoms with E-state index in [4.69, 9.17) is 33.8 Å². The summed E-state index contributed by atoms with van der Waals surface area (Å²) in [6.07, 6.45) is 2.79. The standard InChI is InChI=1S/C13H20Cl2N2O/c1-3-4-13(18-2)12(17-16)7-9-5-6-10(14)8-11(9)15/h5-6,8,12-13,17H,3-4,7,16H2,1-2H3. The lowest BCUT2D eigenvalue weighted by molar-refractivity contribution is 0.0609. The van der Waals surface area contributed by atoms with Crippen molar-refractivity contribution in [3.05, 3.63) is 33.8 Å². The summed E-state index contributed by atoms with van der Waals surface area (Å²) in [4.78, 5) is 0. The number of hydrogen-bond donors (Lipinski definition) is 2. The molecule has 0 fully saturated rings. The van der Waals surface area contributed by atoms with Gasteiger partial charge in [-0.05, 0) is 30.5 Å². The van der Waals surface area contributed by atoms with Crippen molar-refractivity contribution >= 4 is 23.2 Å². The summed E-state index contributed by atoms with van der Waals surface area (Å²) in [7, 11) is 1.70. The van der Waals surface area contributed by atoms with Gasteiger partial charge in [0.15, 0.2) is 0 Å². The zero-order chi connectivity index (χ0) is 13.5. The van der Waals surface area contributed by atoms with E-state index in [0.29, 0.717) is 16.5 Å². The maximum Gasteiger partial charge on any atom is 0.0740 e. The van der Waals surface area contributed by atoms with Crippen LogP contribution in [-0.2, 0) is 11.2 Å². The van der Waals surface area contributed by atoms with E-state index in [9.17, 15) is 0 Å². The lowest BCUT2D eigenvalue weighted by atomic mass is 9.99. The van der Waals surface area contributed by atoms with Gasteiger partial charge in [-0.25, -0.2) is 0 Å². The number of rotatable bonds is 7. The molecular weight excluding hydrogens is 271 g/mol. The minimum absolute atomic E-state index is 0.0358. The second-order valence-corrected chi connectivity index (χ2v) is 5.12. The van der Waals surface area contributed by atoms with Gasteiger partial charge in [-0.3, -0.25) is 11.3 Å². The minimum atomic E-state index is 0.0358. The molecule has 5 heteroatoms. The Hall–Kier alpha value is -0.320. The maximum atomic E-state index is 6.16. The SMILES string of the molecule is CCCC(OC)C(Cc1ccc(Cl)cc1Cl)NN. The number of hydrogen-bond acceptors (Lipinski definition) is 3. The summed E-state index contributed by atoms with van der Waals surface area (Å²) in [5, 5.41) is 1.30. The van der Waals surface area contributed by atoms with Crippen LogP contribution in [0.15, 0.2) is 18.2 Å². The van der Waals surface area contributed by atoms with E-state index in [2.05, 4.69) is 12.3 Å². The normalized spacial score (nSPS) is 14.5. The molecule has 102 valence electrons. The molecule has 0 saturated carbocycles. The molecule has 0 spiro atoms. The zero-order valence-corrected chi connectivity index (χ0v) is 12.3. The van der Waals surface area contributed by atoms with Crippen molar-refractivity contribution < 1.29 is 4.74 Å². The molecule has 1 aromatic carbocycles. The highest BCUT2D eigenvalue weighted by Crippen LogP contribution is 2.23. The third-order valence-electron chi connectivity index (χ3n) is 2.99. The van der Waals surface area contributed by atoms with Crippen LogP contribution in [0.25, 0.3) is 0 Å². The Balaban J connectivity index is 2.78. The van der Waals surface area contributed by atoms with Gasteiger partial charge in [0.25, 0.3) is 0 Å². The lowest BCUT2D eigenvalue weighted by Gasteiger charge is -2.25. The van der Waals surface area contributed by atoms with Crippen LogP contribution in [0.3, 0.4) is 0 Å². The molecule has 2 unspecified atom stereocenters.